The second-order valence-electron chi connectivity index (χ2n) is 7.48. The van der Waals surface area contributed by atoms with Crippen LogP contribution >= 0.6 is 11.6 Å². The first-order valence-electron chi connectivity index (χ1n) is 9.84. The molecule has 172 valence electrons. The third kappa shape index (κ3) is 4.49. The van der Waals surface area contributed by atoms with Crippen LogP contribution in [0.25, 0.3) is 21.9 Å². The Labute approximate surface area is 199 Å². The summed E-state index contributed by atoms with van der Waals surface area (Å²) in [4.78, 5) is 11.3. The van der Waals surface area contributed by atoms with Crippen LogP contribution in [0.1, 0.15) is 15.9 Å². The quantitative estimate of drug-likeness (QED) is 0.212. The Kier molecular flexibility index (Phi) is 6.09. The van der Waals surface area contributed by atoms with Crippen LogP contribution in [0.2, 0.25) is 5.02 Å². The molecule has 0 atom stereocenters. The Balaban J connectivity index is 1.81. The van der Waals surface area contributed by atoms with Gasteiger partial charge in [-0.2, -0.15) is 13.5 Å². The van der Waals surface area contributed by atoms with E-state index in [1.165, 1.54) is 30.3 Å². The lowest BCUT2D eigenvalue weighted by molar-refractivity contribution is 0.0694. The number of carboxylic acids is 1. The van der Waals surface area contributed by atoms with Crippen molar-refractivity contribution in [3.8, 4) is 16.9 Å². The highest BCUT2D eigenvalue weighted by atomic mass is 35.5. The molecule has 0 amide bonds. The van der Waals surface area contributed by atoms with Gasteiger partial charge in [-0.1, -0.05) is 48.0 Å². The summed E-state index contributed by atoms with van der Waals surface area (Å²) in [5.74, 6) is -1.70. The van der Waals surface area contributed by atoms with E-state index < -0.39 is 21.8 Å². The molecule has 8 nitrogen and oxygen atoms in total. The third-order valence-electron chi connectivity index (χ3n) is 5.14. The van der Waals surface area contributed by atoms with Crippen LogP contribution in [0.5, 0.6) is 5.75 Å². The Hall–Kier alpha value is -3.79. The molecule has 4 rings (SSSR count). The van der Waals surface area contributed by atoms with Gasteiger partial charge in [-0.25, -0.2) is 4.79 Å². The molecule has 4 aromatic carbocycles. The number of aryl methyl sites for hydroxylation is 1. The highest BCUT2D eigenvalue weighted by Gasteiger charge is 2.20. The van der Waals surface area contributed by atoms with Crippen molar-refractivity contribution in [3.05, 3.63) is 82.9 Å². The number of halogens is 1. The van der Waals surface area contributed by atoms with Crippen LogP contribution in [0.15, 0.2) is 81.9 Å². The van der Waals surface area contributed by atoms with Gasteiger partial charge in [-0.3, -0.25) is 4.55 Å². The number of azo groups is 1. The van der Waals surface area contributed by atoms with Crippen molar-refractivity contribution in [3.63, 3.8) is 0 Å². The van der Waals surface area contributed by atoms with E-state index in [9.17, 15) is 28.0 Å². The molecule has 0 radical (unpaired) electrons. The Bertz CT molecular complexity index is 1600. The first kappa shape index (κ1) is 23.4. The first-order valence-corrected chi connectivity index (χ1v) is 11.7. The molecule has 0 aliphatic heterocycles. The zero-order chi connectivity index (χ0) is 24.6. The summed E-state index contributed by atoms with van der Waals surface area (Å²) in [7, 11) is -4.50. The highest BCUT2D eigenvalue weighted by molar-refractivity contribution is 7.86. The predicted octanol–water partition coefficient (Wildman–Crippen LogP) is 6.53. The Morgan fingerprint density at radius 3 is 2.38 bits per heavy atom. The number of aromatic carboxylic acids is 1. The molecule has 3 N–H and O–H groups in total. The van der Waals surface area contributed by atoms with Crippen molar-refractivity contribution in [1.29, 1.82) is 0 Å². The monoisotopic (exact) mass is 496 g/mol. The maximum atomic E-state index is 11.7. The minimum absolute atomic E-state index is 0.0499. The fraction of sp³-hybridized carbons (Fsp3) is 0.0417. The maximum absolute atomic E-state index is 11.7. The molecule has 0 aliphatic carbocycles. The average molecular weight is 497 g/mol. The lowest BCUT2D eigenvalue weighted by Gasteiger charge is -2.14. The van der Waals surface area contributed by atoms with Crippen molar-refractivity contribution < 1.29 is 28.0 Å². The smallest absolute Gasteiger partial charge is 0.339 e. The van der Waals surface area contributed by atoms with E-state index in [0.29, 0.717) is 21.9 Å². The van der Waals surface area contributed by atoms with Crippen LogP contribution in [0.4, 0.5) is 11.4 Å². The predicted molar refractivity (Wildman–Crippen MR) is 128 cm³/mol. The van der Waals surface area contributed by atoms with Gasteiger partial charge in [0.1, 0.15) is 21.9 Å². The summed E-state index contributed by atoms with van der Waals surface area (Å²) in [6.07, 6.45) is 0. The maximum Gasteiger partial charge on any atom is 0.339 e. The second-order valence-corrected chi connectivity index (χ2v) is 9.28. The zero-order valence-electron chi connectivity index (χ0n) is 17.6. The summed E-state index contributed by atoms with van der Waals surface area (Å²) in [5, 5.41) is 29.6. The standard InChI is InChI=1S/C24H17ClN2O6S/c1-13-6-9-20(21(10-13)34(31,32)33)27-26-15-7-8-17(19(25)12-15)22-16-5-3-2-4-14(16)11-18(23(22)28)24(29)30/h2-12,28H,1H3,(H,29,30)(H,31,32,33)/b27-26+. The molecule has 0 fully saturated rings. The molecule has 0 aliphatic rings. The molecule has 10 heteroatoms. The van der Waals surface area contributed by atoms with E-state index in [1.54, 1.807) is 43.3 Å². The minimum Gasteiger partial charge on any atom is -0.506 e. The fourth-order valence-corrected chi connectivity index (χ4v) is 4.54. The van der Waals surface area contributed by atoms with Gasteiger partial charge in [0.2, 0.25) is 0 Å². The van der Waals surface area contributed by atoms with E-state index in [2.05, 4.69) is 10.2 Å². The van der Waals surface area contributed by atoms with Crippen molar-refractivity contribution in [1.82, 2.24) is 0 Å². The second kappa shape index (κ2) is 8.86. The number of benzene rings is 4. The molecular weight excluding hydrogens is 480 g/mol. The number of hydrogen-bond donors (Lipinski definition) is 3. The van der Waals surface area contributed by atoms with Crippen LogP contribution in [0, 0.1) is 6.92 Å². The SMILES string of the molecule is Cc1ccc(/N=N/c2ccc(-c3c(O)c(C(=O)O)cc4ccccc34)c(Cl)c2)c(S(=O)(=O)O)c1. The van der Waals surface area contributed by atoms with E-state index in [4.69, 9.17) is 11.6 Å². The van der Waals surface area contributed by atoms with Gasteiger partial charge in [0.15, 0.2) is 0 Å². The third-order valence-corrected chi connectivity index (χ3v) is 6.34. The average Bonchev–Trinajstić information content (AvgIpc) is 2.78. The molecule has 34 heavy (non-hydrogen) atoms. The van der Waals surface area contributed by atoms with E-state index in [1.807, 2.05) is 0 Å². The van der Waals surface area contributed by atoms with Gasteiger partial charge < -0.3 is 10.2 Å². The summed E-state index contributed by atoms with van der Waals surface area (Å²) in [6, 6.07) is 17.2. The molecule has 0 saturated carbocycles. The molecule has 0 spiro atoms. The number of aromatic hydroxyl groups is 1. The minimum atomic E-state index is -4.50. The van der Waals surface area contributed by atoms with Gasteiger partial charge in [-0.15, -0.1) is 5.11 Å². The van der Waals surface area contributed by atoms with E-state index >= 15 is 0 Å². The van der Waals surface area contributed by atoms with Crippen LogP contribution in [-0.4, -0.2) is 29.2 Å². The zero-order valence-corrected chi connectivity index (χ0v) is 19.2. The van der Waals surface area contributed by atoms with Crippen LogP contribution in [0.3, 0.4) is 0 Å². The van der Waals surface area contributed by atoms with E-state index in [0.717, 1.165) is 0 Å². The van der Waals surface area contributed by atoms with Gasteiger partial charge >= 0.3 is 5.97 Å². The van der Waals surface area contributed by atoms with Crippen molar-refractivity contribution in [2.24, 2.45) is 10.2 Å². The first-order chi connectivity index (χ1) is 16.1. The van der Waals surface area contributed by atoms with Crippen LogP contribution < -0.4 is 0 Å². The summed E-state index contributed by atoms with van der Waals surface area (Å²) >= 11 is 6.48. The lowest BCUT2D eigenvalue weighted by atomic mass is 9.94. The number of rotatable bonds is 5. The molecule has 4 aromatic rings. The number of carbonyl (C=O) groups is 1. The van der Waals surface area contributed by atoms with Crippen molar-refractivity contribution >= 4 is 49.8 Å². The molecule has 0 heterocycles. The largest absolute Gasteiger partial charge is 0.506 e. The Morgan fingerprint density at radius 2 is 1.71 bits per heavy atom. The number of nitrogens with zero attached hydrogens (tertiary/aromatic N) is 2. The Morgan fingerprint density at radius 1 is 0.971 bits per heavy atom. The van der Waals surface area contributed by atoms with Gasteiger partial charge in [0.25, 0.3) is 10.1 Å². The van der Waals surface area contributed by atoms with Gasteiger partial charge in [0, 0.05) is 11.1 Å². The molecule has 0 aromatic heterocycles. The number of hydrogen-bond acceptors (Lipinski definition) is 6. The number of fused-ring (bicyclic) bond motifs is 1. The molecule has 0 unspecified atom stereocenters. The van der Waals surface area contributed by atoms with Crippen molar-refractivity contribution in [2.45, 2.75) is 11.8 Å². The summed E-state index contributed by atoms with van der Waals surface area (Å²) in [6.45, 7) is 1.67. The van der Waals surface area contributed by atoms with Gasteiger partial charge in [-0.05, 0) is 53.6 Å². The number of phenols is 1. The van der Waals surface area contributed by atoms with Gasteiger partial charge in [0.05, 0.1) is 10.7 Å². The lowest BCUT2D eigenvalue weighted by Crippen LogP contribution is -1.99. The molecule has 0 saturated heterocycles. The summed E-state index contributed by atoms with van der Waals surface area (Å²) in [5.41, 5.74) is 1.22. The van der Waals surface area contributed by atoms with Crippen molar-refractivity contribution in [2.75, 3.05) is 0 Å². The summed E-state index contributed by atoms with van der Waals surface area (Å²) < 4.78 is 32.8. The topological polar surface area (TPSA) is 137 Å². The highest BCUT2D eigenvalue weighted by Crippen LogP contribution is 2.43. The molecule has 0 bridgehead atoms. The molecular formula is C24H17ClN2O6S. The number of carboxylic acid groups (broad SMARTS) is 1. The van der Waals surface area contributed by atoms with Crippen LogP contribution in [-0.2, 0) is 10.1 Å². The fourth-order valence-electron chi connectivity index (χ4n) is 3.56. The normalized spacial score (nSPS) is 11.9. The van der Waals surface area contributed by atoms with E-state index in [-0.39, 0.29) is 32.4 Å².